The van der Waals surface area contributed by atoms with Crippen molar-refractivity contribution in [3.63, 3.8) is 0 Å². The van der Waals surface area contributed by atoms with Crippen LogP contribution in [0.4, 0.5) is 5.69 Å². The van der Waals surface area contributed by atoms with Crippen molar-refractivity contribution in [1.82, 2.24) is 9.78 Å². The summed E-state index contributed by atoms with van der Waals surface area (Å²) in [6.45, 7) is 5.08. The first-order valence-corrected chi connectivity index (χ1v) is 10.2. The molecule has 32 heavy (non-hydrogen) atoms. The highest BCUT2D eigenvalue weighted by molar-refractivity contribution is 6.32. The fraction of sp³-hybridized carbons (Fsp3) is 0.217. The van der Waals surface area contributed by atoms with Crippen LogP contribution in [0.25, 0.3) is 5.69 Å². The van der Waals surface area contributed by atoms with Crippen molar-refractivity contribution in [2.45, 2.75) is 20.8 Å². The molecule has 0 radical (unpaired) electrons. The van der Waals surface area contributed by atoms with Crippen molar-refractivity contribution in [2.24, 2.45) is 0 Å². The Morgan fingerprint density at radius 1 is 1.12 bits per heavy atom. The topological polar surface area (TPSA) is 99.5 Å². The van der Waals surface area contributed by atoms with Gasteiger partial charge in [-0.05, 0) is 50.1 Å². The number of carbonyl (C=O) groups is 2. The van der Waals surface area contributed by atoms with Crippen LogP contribution in [0.3, 0.4) is 0 Å². The Balaban J connectivity index is 1.88. The number of anilines is 1. The standard InChI is InChI=1S/C23H22ClN3O5/c1-4-31-23(30)22-19(12-21(29)27(26-22)18-8-6-5-7-16(18)24)32-13-20(28)25-17-11-14(2)9-10-15(17)3/h5-12H,4,13H2,1-3H3,(H,25,28). The molecular weight excluding hydrogens is 434 g/mol. The summed E-state index contributed by atoms with van der Waals surface area (Å²) in [6, 6.07) is 13.3. The highest BCUT2D eigenvalue weighted by Gasteiger charge is 2.21. The van der Waals surface area contributed by atoms with Crippen molar-refractivity contribution in [3.8, 4) is 11.4 Å². The Labute approximate surface area is 189 Å². The first kappa shape index (κ1) is 23.0. The van der Waals surface area contributed by atoms with Gasteiger partial charge in [0.1, 0.15) is 0 Å². The summed E-state index contributed by atoms with van der Waals surface area (Å²) < 4.78 is 11.5. The maximum absolute atomic E-state index is 12.7. The highest BCUT2D eigenvalue weighted by atomic mass is 35.5. The van der Waals surface area contributed by atoms with Gasteiger partial charge in [-0.3, -0.25) is 9.59 Å². The van der Waals surface area contributed by atoms with E-state index in [9.17, 15) is 14.4 Å². The van der Waals surface area contributed by atoms with Crippen LogP contribution in [0.1, 0.15) is 28.5 Å². The maximum Gasteiger partial charge on any atom is 0.362 e. The average molecular weight is 456 g/mol. The van der Waals surface area contributed by atoms with Crippen LogP contribution in [0.2, 0.25) is 5.02 Å². The van der Waals surface area contributed by atoms with Gasteiger partial charge in [0.25, 0.3) is 11.5 Å². The summed E-state index contributed by atoms with van der Waals surface area (Å²) in [5, 5.41) is 7.13. The van der Waals surface area contributed by atoms with Crippen LogP contribution < -0.4 is 15.6 Å². The Hall–Kier alpha value is -3.65. The van der Waals surface area contributed by atoms with E-state index in [2.05, 4.69) is 10.4 Å². The van der Waals surface area contributed by atoms with Gasteiger partial charge in [0, 0.05) is 5.69 Å². The normalized spacial score (nSPS) is 10.5. The molecule has 0 aliphatic carbocycles. The molecule has 1 amide bonds. The van der Waals surface area contributed by atoms with Gasteiger partial charge < -0.3 is 14.8 Å². The van der Waals surface area contributed by atoms with Gasteiger partial charge in [-0.1, -0.05) is 35.9 Å². The van der Waals surface area contributed by atoms with Crippen molar-refractivity contribution in [1.29, 1.82) is 0 Å². The molecule has 166 valence electrons. The summed E-state index contributed by atoms with van der Waals surface area (Å²) >= 11 is 6.17. The molecule has 1 aromatic heterocycles. The van der Waals surface area contributed by atoms with Crippen LogP contribution in [0, 0.1) is 13.8 Å². The predicted molar refractivity (Wildman–Crippen MR) is 121 cm³/mol. The number of hydrogen-bond donors (Lipinski definition) is 1. The lowest BCUT2D eigenvalue weighted by Crippen LogP contribution is -2.27. The first-order valence-electron chi connectivity index (χ1n) is 9.86. The zero-order valence-electron chi connectivity index (χ0n) is 17.8. The molecule has 0 saturated heterocycles. The number of hydrogen-bond acceptors (Lipinski definition) is 6. The molecule has 0 aliphatic rings. The van der Waals surface area contributed by atoms with Crippen molar-refractivity contribution in [2.75, 3.05) is 18.5 Å². The third kappa shape index (κ3) is 5.33. The molecule has 0 unspecified atom stereocenters. The molecule has 0 aliphatic heterocycles. The number of halogens is 1. The zero-order valence-corrected chi connectivity index (χ0v) is 18.6. The molecule has 8 nitrogen and oxygen atoms in total. The molecule has 3 aromatic rings. The molecule has 2 aromatic carbocycles. The zero-order chi connectivity index (χ0) is 23.3. The molecule has 0 bridgehead atoms. The quantitative estimate of drug-likeness (QED) is 0.545. The summed E-state index contributed by atoms with van der Waals surface area (Å²) in [5.74, 6) is -1.41. The van der Waals surface area contributed by atoms with Crippen LogP contribution in [0.15, 0.2) is 53.3 Å². The van der Waals surface area contributed by atoms with E-state index in [4.69, 9.17) is 21.1 Å². The number of esters is 1. The number of aryl methyl sites for hydroxylation is 2. The number of nitrogens with one attached hydrogen (secondary N) is 1. The van der Waals surface area contributed by atoms with Crippen LogP contribution in [-0.2, 0) is 9.53 Å². The molecule has 9 heteroatoms. The van der Waals surface area contributed by atoms with Gasteiger partial charge >= 0.3 is 5.97 Å². The van der Waals surface area contributed by atoms with E-state index in [0.29, 0.717) is 11.4 Å². The fourth-order valence-electron chi connectivity index (χ4n) is 2.89. The second-order valence-corrected chi connectivity index (χ2v) is 7.34. The van der Waals surface area contributed by atoms with Gasteiger partial charge in [0.2, 0.25) is 5.69 Å². The number of nitrogens with zero attached hydrogens (tertiary/aromatic N) is 2. The SMILES string of the molecule is CCOC(=O)c1nn(-c2ccccc2Cl)c(=O)cc1OCC(=O)Nc1cc(C)ccc1C. The summed E-state index contributed by atoms with van der Waals surface area (Å²) in [6.07, 6.45) is 0. The lowest BCUT2D eigenvalue weighted by molar-refractivity contribution is -0.118. The van der Waals surface area contributed by atoms with Crippen LogP contribution >= 0.6 is 11.6 Å². The molecule has 0 saturated carbocycles. The van der Waals surface area contributed by atoms with Gasteiger partial charge in [0.05, 0.1) is 23.4 Å². The molecule has 1 heterocycles. The Morgan fingerprint density at radius 3 is 2.59 bits per heavy atom. The number of rotatable bonds is 7. The third-order valence-electron chi connectivity index (χ3n) is 4.47. The van der Waals surface area contributed by atoms with Crippen LogP contribution in [0.5, 0.6) is 5.75 Å². The fourth-order valence-corrected chi connectivity index (χ4v) is 3.10. The van der Waals surface area contributed by atoms with Gasteiger partial charge in [-0.25, -0.2) is 4.79 Å². The number of ether oxygens (including phenoxy) is 2. The van der Waals surface area contributed by atoms with E-state index in [0.717, 1.165) is 21.9 Å². The molecule has 0 spiro atoms. The number of aromatic nitrogens is 2. The molecule has 1 N–H and O–H groups in total. The maximum atomic E-state index is 12.7. The Bertz CT molecular complexity index is 1220. The first-order chi connectivity index (χ1) is 15.3. The highest BCUT2D eigenvalue weighted by Crippen LogP contribution is 2.21. The lowest BCUT2D eigenvalue weighted by atomic mass is 10.1. The van der Waals surface area contributed by atoms with Gasteiger partial charge in [-0.15, -0.1) is 0 Å². The van der Waals surface area contributed by atoms with Crippen molar-refractivity contribution < 1.29 is 19.1 Å². The Morgan fingerprint density at radius 2 is 1.88 bits per heavy atom. The minimum Gasteiger partial charge on any atom is -0.481 e. The van der Waals surface area contributed by atoms with E-state index in [1.54, 1.807) is 31.2 Å². The largest absolute Gasteiger partial charge is 0.481 e. The summed E-state index contributed by atoms with van der Waals surface area (Å²) in [4.78, 5) is 37.5. The minimum atomic E-state index is -0.793. The average Bonchev–Trinajstić information content (AvgIpc) is 2.75. The van der Waals surface area contributed by atoms with Crippen LogP contribution in [-0.4, -0.2) is 34.9 Å². The van der Waals surface area contributed by atoms with E-state index in [1.165, 1.54) is 0 Å². The summed E-state index contributed by atoms with van der Waals surface area (Å²) in [7, 11) is 0. The van der Waals surface area contributed by atoms with Crippen molar-refractivity contribution in [3.05, 3.63) is 80.7 Å². The van der Waals surface area contributed by atoms with Gasteiger partial charge in [-0.2, -0.15) is 9.78 Å². The summed E-state index contributed by atoms with van der Waals surface area (Å²) in [5.41, 5.74) is 1.99. The molecule has 0 fully saturated rings. The van der Waals surface area contributed by atoms with E-state index in [-0.39, 0.29) is 23.1 Å². The van der Waals surface area contributed by atoms with Crippen molar-refractivity contribution >= 4 is 29.2 Å². The number of amides is 1. The monoisotopic (exact) mass is 455 g/mol. The second kappa shape index (κ2) is 10.1. The number of benzene rings is 2. The Kier molecular flexibility index (Phi) is 7.27. The smallest absolute Gasteiger partial charge is 0.362 e. The third-order valence-corrected chi connectivity index (χ3v) is 4.79. The van der Waals surface area contributed by atoms with E-state index in [1.807, 2.05) is 32.0 Å². The molecular formula is C23H22ClN3O5. The molecule has 3 rings (SSSR count). The molecule has 0 atom stereocenters. The number of para-hydroxylation sites is 1. The van der Waals surface area contributed by atoms with E-state index >= 15 is 0 Å². The number of carbonyl (C=O) groups excluding carboxylic acids is 2. The predicted octanol–water partition coefficient (Wildman–Crippen LogP) is 3.70. The van der Waals surface area contributed by atoms with Gasteiger partial charge in [0.15, 0.2) is 12.4 Å². The second-order valence-electron chi connectivity index (χ2n) is 6.93. The van der Waals surface area contributed by atoms with E-state index < -0.39 is 24.0 Å². The lowest BCUT2D eigenvalue weighted by Gasteiger charge is -2.14. The minimum absolute atomic E-state index is 0.0955.